The van der Waals surface area contributed by atoms with Crippen LogP contribution in [0.15, 0.2) is 0 Å². The molecular weight excluding hydrogens is 208 g/mol. The van der Waals surface area contributed by atoms with Crippen molar-refractivity contribution >= 4 is 40.7 Å². The maximum atomic E-state index is 11.2. The van der Waals surface area contributed by atoms with Crippen molar-refractivity contribution in [3.63, 3.8) is 0 Å². The van der Waals surface area contributed by atoms with E-state index in [1.54, 1.807) is 4.90 Å². The second-order valence-corrected chi connectivity index (χ2v) is 4.78. The van der Waals surface area contributed by atoms with E-state index in [2.05, 4.69) is 0 Å². The molecule has 0 spiro atoms. The first-order chi connectivity index (χ1) is 5.02. The van der Waals surface area contributed by atoms with Gasteiger partial charge in [0.1, 0.15) is 0 Å². The second-order valence-electron chi connectivity index (χ2n) is 2.50. The number of carbonyl (C=O) groups excluding carboxylic acids is 1. The van der Waals surface area contributed by atoms with E-state index in [1.165, 1.54) is 0 Å². The fourth-order valence-corrected chi connectivity index (χ4v) is 1.46. The minimum atomic E-state index is -1.77. The Bertz CT molecular complexity index is 160. The van der Waals surface area contributed by atoms with Gasteiger partial charge in [0.25, 0.3) is 9.70 Å². The minimum Gasteiger partial charge on any atom is -0.339 e. The maximum Gasteiger partial charge on any atom is 0.274 e. The highest BCUT2D eigenvalue weighted by atomic mass is 35.6. The average molecular weight is 216 g/mol. The standard InChI is InChI=1S/C6H8Cl3NO/c7-6(8,9)5(11)10-3-1-2-4-10/h1-4H2. The van der Waals surface area contributed by atoms with Gasteiger partial charge in [-0.2, -0.15) is 0 Å². The molecule has 1 aliphatic rings. The van der Waals surface area contributed by atoms with Gasteiger partial charge in [-0.05, 0) is 12.8 Å². The summed E-state index contributed by atoms with van der Waals surface area (Å²) in [5, 5.41) is 0. The summed E-state index contributed by atoms with van der Waals surface area (Å²) in [7, 11) is 0. The van der Waals surface area contributed by atoms with Gasteiger partial charge in [0.05, 0.1) is 0 Å². The van der Waals surface area contributed by atoms with Gasteiger partial charge in [-0.3, -0.25) is 4.79 Å². The molecule has 64 valence electrons. The number of halogens is 3. The Kier molecular flexibility index (Phi) is 2.90. The van der Waals surface area contributed by atoms with Gasteiger partial charge in [-0.25, -0.2) is 0 Å². The van der Waals surface area contributed by atoms with E-state index in [4.69, 9.17) is 34.8 Å². The number of alkyl halides is 3. The molecular formula is C6H8Cl3NO. The number of hydrogen-bond donors (Lipinski definition) is 0. The first kappa shape index (κ1) is 9.43. The Hall–Kier alpha value is 0.340. The van der Waals surface area contributed by atoms with Crippen LogP contribution in [0.4, 0.5) is 0 Å². The van der Waals surface area contributed by atoms with Crippen LogP contribution in [-0.4, -0.2) is 27.7 Å². The monoisotopic (exact) mass is 215 g/mol. The highest BCUT2D eigenvalue weighted by Crippen LogP contribution is 2.29. The fourth-order valence-electron chi connectivity index (χ4n) is 1.10. The van der Waals surface area contributed by atoms with E-state index in [0.717, 1.165) is 12.8 Å². The summed E-state index contributed by atoms with van der Waals surface area (Å²) in [6.07, 6.45) is 2.01. The van der Waals surface area contributed by atoms with Gasteiger partial charge in [-0.1, -0.05) is 34.8 Å². The Labute approximate surface area is 80.4 Å². The SMILES string of the molecule is O=C(N1CCCC1)C(Cl)(Cl)Cl. The highest BCUT2D eigenvalue weighted by Gasteiger charge is 2.35. The van der Waals surface area contributed by atoms with Crippen LogP contribution in [0.2, 0.25) is 0 Å². The number of likely N-dealkylation sites (tertiary alicyclic amines) is 1. The zero-order valence-electron chi connectivity index (χ0n) is 5.82. The lowest BCUT2D eigenvalue weighted by atomic mass is 10.4. The van der Waals surface area contributed by atoms with Crippen LogP contribution in [-0.2, 0) is 4.79 Å². The van der Waals surface area contributed by atoms with Crippen molar-refractivity contribution in [3.05, 3.63) is 0 Å². The lowest BCUT2D eigenvalue weighted by Gasteiger charge is -2.19. The Morgan fingerprint density at radius 1 is 1.18 bits per heavy atom. The Balaban J connectivity index is 2.53. The van der Waals surface area contributed by atoms with E-state index in [-0.39, 0.29) is 0 Å². The first-order valence-corrected chi connectivity index (χ1v) is 4.51. The average Bonchev–Trinajstić information content (AvgIpc) is 2.34. The number of rotatable bonds is 0. The van der Waals surface area contributed by atoms with Gasteiger partial charge in [0.2, 0.25) is 0 Å². The third-order valence-corrected chi connectivity index (χ3v) is 2.12. The summed E-state index contributed by atoms with van der Waals surface area (Å²) in [6.45, 7) is 1.43. The quantitative estimate of drug-likeness (QED) is 0.567. The van der Waals surface area contributed by atoms with Crippen molar-refractivity contribution in [2.75, 3.05) is 13.1 Å². The molecule has 1 aliphatic heterocycles. The zero-order chi connectivity index (χ0) is 8.48. The van der Waals surface area contributed by atoms with Crippen LogP contribution in [0.1, 0.15) is 12.8 Å². The predicted molar refractivity (Wildman–Crippen MR) is 46.1 cm³/mol. The molecule has 0 atom stereocenters. The van der Waals surface area contributed by atoms with Gasteiger partial charge < -0.3 is 4.90 Å². The zero-order valence-corrected chi connectivity index (χ0v) is 8.09. The first-order valence-electron chi connectivity index (χ1n) is 3.38. The molecule has 1 saturated heterocycles. The van der Waals surface area contributed by atoms with E-state index in [1.807, 2.05) is 0 Å². The molecule has 1 amide bonds. The predicted octanol–water partition coefficient (Wildman–Crippen LogP) is 1.98. The third-order valence-electron chi connectivity index (χ3n) is 1.64. The molecule has 0 radical (unpaired) electrons. The van der Waals surface area contributed by atoms with E-state index < -0.39 is 9.70 Å². The summed E-state index contributed by atoms with van der Waals surface area (Å²) in [5.41, 5.74) is 0. The van der Waals surface area contributed by atoms with Crippen LogP contribution in [0.3, 0.4) is 0 Å². The van der Waals surface area contributed by atoms with E-state index >= 15 is 0 Å². The molecule has 0 saturated carbocycles. The lowest BCUT2D eigenvalue weighted by molar-refractivity contribution is -0.129. The molecule has 1 rings (SSSR count). The molecule has 0 aliphatic carbocycles. The number of amides is 1. The molecule has 0 aromatic carbocycles. The summed E-state index contributed by atoms with van der Waals surface area (Å²) in [6, 6.07) is 0. The summed E-state index contributed by atoms with van der Waals surface area (Å²) < 4.78 is -1.77. The largest absolute Gasteiger partial charge is 0.339 e. The lowest BCUT2D eigenvalue weighted by Crippen LogP contribution is -2.37. The van der Waals surface area contributed by atoms with Gasteiger partial charge in [0, 0.05) is 13.1 Å². The van der Waals surface area contributed by atoms with Crippen molar-refractivity contribution in [1.82, 2.24) is 4.90 Å². The molecule has 0 aromatic rings. The Morgan fingerprint density at radius 2 is 1.64 bits per heavy atom. The molecule has 1 fully saturated rings. The van der Waals surface area contributed by atoms with Crippen molar-refractivity contribution in [2.45, 2.75) is 16.6 Å². The molecule has 0 bridgehead atoms. The minimum absolute atomic E-state index is 0.403. The van der Waals surface area contributed by atoms with E-state index in [0.29, 0.717) is 13.1 Å². The molecule has 5 heteroatoms. The molecule has 2 nitrogen and oxygen atoms in total. The van der Waals surface area contributed by atoms with Crippen LogP contribution < -0.4 is 0 Å². The maximum absolute atomic E-state index is 11.2. The third kappa shape index (κ3) is 2.39. The second kappa shape index (κ2) is 3.38. The van der Waals surface area contributed by atoms with Crippen molar-refractivity contribution in [2.24, 2.45) is 0 Å². The molecule has 0 aromatic heterocycles. The normalized spacial score (nSPS) is 19.0. The molecule has 1 heterocycles. The van der Waals surface area contributed by atoms with Crippen molar-refractivity contribution in [1.29, 1.82) is 0 Å². The summed E-state index contributed by atoms with van der Waals surface area (Å²) in [5.74, 6) is -0.403. The smallest absolute Gasteiger partial charge is 0.274 e. The number of hydrogen-bond acceptors (Lipinski definition) is 1. The van der Waals surface area contributed by atoms with Crippen LogP contribution in [0, 0.1) is 0 Å². The van der Waals surface area contributed by atoms with Gasteiger partial charge in [-0.15, -0.1) is 0 Å². The molecule has 0 unspecified atom stereocenters. The Morgan fingerprint density at radius 3 is 2.00 bits per heavy atom. The van der Waals surface area contributed by atoms with Crippen LogP contribution in [0.25, 0.3) is 0 Å². The van der Waals surface area contributed by atoms with Gasteiger partial charge >= 0.3 is 0 Å². The molecule has 11 heavy (non-hydrogen) atoms. The van der Waals surface area contributed by atoms with Crippen LogP contribution in [0.5, 0.6) is 0 Å². The van der Waals surface area contributed by atoms with Crippen molar-refractivity contribution < 1.29 is 4.79 Å². The van der Waals surface area contributed by atoms with E-state index in [9.17, 15) is 4.79 Å². The number of carbonyl (C=O) groups is 1. The fraction of sp³-hybridized carbons (Fsp3) is 0.833. The van der Waals surface area contributed by atoms with Crippen LogP contribution >= 0.6 is 34.8 Å². The number of nitrogens with zero attached hydrogens (tertiary/aromatic N) is 1. The topological polar surface area (TPSA) is 20.3 Å². The highest BCUT2D eigenvalue weighted by molar-refractivity contribution is 6.76. The summed E-state index contributed by atoms with van der Waals surface area (Å²) >= 11 is 16.2. The molecule has 0 N–H and O–H groups in total. The van der Waals surface area contributed by atoms with Gasteiger partial charge in [0.15, 0.2) is 0 Å². The van der Waals surface area contributed by atoms with Crippen molar-refractivity contribution in [3.8, 4) is 0 Å². The summed E-state index contributed by atoms with van der Waals surface area (Å²) in [4.78, 5) is 12.8.